The molecule has 0 radical (unpaired) electrons. The fraction of sp³-hybridized carbons (Fsp3) is 0.364. The first-order valence-corrected chi connectivity index (χ1v) is 9.46. The van der Waals surface area contributed by atoms with Crippen LogP contribution in [0.3, 0.4) is 0 Å². The maximum absolute atomic E-state index is 13.1. The van der Waals surface area contributed by atoms with Gasteiger partial charge in [-0.05, 0) is 54.4 Å². The Morgan fingerprint density at radius 2 is 1.57 bits per heavy atom. The first-order valence-electron chi connectivity index (χ1n) is 9.46. The number of carbonyl (C=O) groups excluding carboxylic acids is 2. The Labute approximate surface area is 160 Å². The lowest BCUT2D eigenvalue weighted by molar-refractivity contribution is -0.137. The van der Waals surface area contributed by atoms with Crippen molar-refractivity contribution in [3.8, 4) is 0 Å². The minimum atomic E-state index is -4.52. The van der Waals surface area contributed by atoms with Gasteiger partial charge in [0.05, 0.1) is 23.1 Å². The average molecular weight is 385 g/mol. The maximum atomic E-state index is 13.1. The summed E-state index contributed by atoms with van der Waals surface area (Å²) in [6, 6.07) is 14.5. The fourth-order valence-electron chi connectivity index (χ4n) is 5.62. The van der Waals surface area contributed by atoms with Crippen molar-refractivity contribution in [1.82, 2.24) is 0 Å². The van der Waals surface area contributed by atoms with Crippen LogP contribution in [0, 0.1) is 23.7 Å². The maximum Gasteiger partial charge on any atom is 0.416 e. The van der Waals surface area contributed by atoms with E-state index < -0.39 is 23.6 Å². The van der Waals surface area contributed by atoms with Gasteiger partial charge in [0.15, 0.2) is 0 Å². The molecular formula is C22H18F3NO2. The average Bonchev–Trinajstić information content (AvgIpc) is 3.33. The van der Waals surface area contributed by atoms with Gasteiger partial charge in [0.2, 0.25) is 11.8 Å². The molecule has 28 heavy (non-hydrogen) atoms. The van der Waals surface area contributed by atoms with Crippen LogP contribution in [-0.2, 0) is 15.8 Å². The number of halogens is 3. The van der Waals surface area contributed by atoms with Crippen molar-refractivity contribution < 1.29 is 22.8 Å². The summed E-state index contributed by atoms with van der Waals surface area (Å²) >= 11 is 0. The number of anilines is 1. The standard InChI is InChI=1S/C22H18F3NO2/c23-22(24,25)14-7-4-8-15(11-14)26-20(27)18-13-9-16(12-5-2-1-3-6-12)17(10-13)19(18)21(26)28/h1-8,11,13,16-19H,9-10H2/t13-,16+,17-,18-,19+/m1/s1. The predicted molar refractivity (Wildman–Crippen MR) is 96.3 cm³/mol. The van der Waals surface area contributed by atoms with Gasteiger partial charge in [-0.3, -0.25) is 14.5 Å². The summed E-state index contributed by atoms with van der Waals surface area (Å²) in [7, 11) is 0. The summed E-state index contributed by atoms with van der Waals surface area (Å²) in [5.74, 6) is -1.09. The van der Waals surface area contributed by atoms with E-state index in [9.17, 15) is 22.8 Å². The van der Waals surface area contributed by atoms with Crippen LogP contribution in [0.2, 0.25) is 0 Å². The summed E-state index contributed by atoms with van der Waals surface area (Å²) in [5, 5.41) is 0. The molecule has 2 amide bonds. The number of hydrogen-bond acceptors (Lipinski definition) is 2. The molecule has 144 valence electrons. The van der Waals surface area contributed by atoms with Crippen molar-refractivity contribution >= 4 is 17.5 Å². The molecular weight excluding hydrogens is 367 g/mol. The highest BCUT2D eigenvalue weighted by molar-refractivity contribution is 6.22. The zero-order valence-electron chi connectivity index (χ0n) is 14.9. The normalized spacial score (nSPS) is 31.5. The Morgan fingerprint density at radius 1 is 0.857 bits per heavy atom. The van der Waals surface area contributed by atoms with Gasteiger partial charge in [0.1, 0.15) is 0 Å². The summed E-state index contributed by atoms with van der Waals surface area (Å²) in [4.78, 5) is 27.2. The predicted octanol–water partition coefficient (Wildman–Crippen LogP) is 4.63. The molecule has 1 heterocycles. The Kier molecular flexibility index (Phi) is 3.70. The van der Waals surface area contributed by atoms with E-state index in [1.165, 1.54) is 17.7 Å². The van der Waals surface area contributed by atoms with Crippen LogP contribution in [0.25, 0.3) is 0 Å². The van der Waals surface area contributed by atoms with Crippen LogP contribution < -0.4 is 4.90 Å². The summed E-state index contributed by atoms with van der Waals surface area (Å²) in [6.07, 6.45) is -2.83. The largest absolute Gasteiger partial charge is 0.416 e. The smallest absolute Gasteiger partial charge is 0.274 e. The Morgan fingerprint density at radius 3 is 2.29 bits per heavy atom. The molecule has 2 aliphatic carbocycles. The molecule has 2 saturated carbocycles. The molecule has 0 N–H and O–H groups in total. The number of carbonyl (C=O) groups is 2. The van der Waals surface area contributed by atoms with Crippen molar-refractivity contribution in [3.63, 3.8) is 0 Å². The van der Waals surface area contributed by atoms with Gasteiger partial charge in [-0.1, -0.05) is 36.4 Å². The molecule has 3 fully saturated rings. The molecule has 1 aliphatic heterocycles. The van der Waals surface area contributed by atoms with E-state index in [0.29, 0.717) is 0 Å². The van der Waals surface area contributed by atoms with Crippen molar-refractivity contribution in [2.24, 2.45) is 23.7 Å². The second kappa shape index (κ2) is 5.93. The van der Waals surface area contributed by atoms with Crippen molar-refractivity contribution in [1.29, 1.82) is 0 Å². The third-order valence-electron chi connectivity index (χ3n) is 6.67. The Balaban J connectivity index is 1.48. The number of hydrogen-bond donors (Lipinski definition) is 0. The molecule has 0 aromatic heterocycles. The van der Waals surface area contributed by atoms with Crippen LogP contribution in [-0.4, -0.2) is 11.8 Å². The van der Waals surface area contributed by atoms with Crippen molar-refractivity contribution in [2.45, 2.75) is 24.9 Å². The lowest BCUT2D eigenvalue weighted by Gasteiger charge is -2.28. The molecule has 0 spiro atoms. The number of fused-ring (bicyclic) bond motifs is 5. The van der Waals surface area contributed by atoms with E-state index in [0.717, 1.165) is 29.9 Å². The monoisotopic (exact) mass is 385 g/mol. The number of nitrogens with zero attached hydrogens (tertiary/aromatic N) is 1. The van der Waals surface area contributed by atoms with Gasteiger partial charge in [0.25, 0.3) is 0 Å². The number of alkyl halides is 3. The molecule has 3 nitrogen and oxygen atoms in total. The van der Waals surface area contributed by atoms with E-state index in [-0.39, 0.29) is 35.3 Å². The molecule has 3 aliphatic rings. The SMILES string of the molecule is O=C1[C@@H]2[C@H]3C[C@@H]([C@@H]2C(=O)N1c1cccc(C(F)(F)F)c1)[C@H](c1ccccc1)C3. The van der Waals surface area contributed by atoms with E-state index in [1.807, 2.05) is 30.3 Å². The zero-order valence-corrected chi connectivity index (χ0v) is 14.9. The first kappa shape index (κ1) is 17.5. The van der Waals surface area contributed by atoms with Gasteiger partial charge in [-0.25, -0.2) is 0 Å². The first-order chi connectivity index (χ1) is 13.4. The summed E-state index contributed by atoms with van der Waals surface area (Å²) < 4.78 is 39.2. The zero-order chi connectivity index (χ0) is 19.6. The highest BCUT2D eigenvalue weighted by Crippen LogP contribution is 2.61. The molecule has 0 unspecified atom stereocenters. The quantitative estimate of drug-likeness (QED) is 0.707. The van der Waals surface area contributed by atoms with E-state index in [1.54, 1.807) is 0 Å². The Hall–Kier alpha value is -2.63. The van der Waals surface area contributed by atoms with Crippen LogP contribution in [0.15, 0.2) is 54.6 Å². The second-order valence-electron chi connectivity index (χ2n) is 8.02. The molecule has 5 rings (SSSR count). The van der Waals surface area contributed by atoms with Gasteiger partial charge in [0, 0.05) is 0 Å². The molecule has 2 bridgehead atoms. The number of amides is 2. The van der Waals surface area contributed by atoms with Gasteiger partial charge >= 0.3 is 6.18 Å². The third-order valence-corrected chi connectivity index (χ3v) is 6.67. The van der Waals surface area contributed by atoms with Crippen molar-refractivity contribution in [2.75, 3.05) is 4.90 Å². The topological polar surface area (TPSA) is 37.4 Å². The summed E-state index contributed by atoms with van der Waals surface area (Å²) in [5.41, 5.74) is 0.342. The highest BCUT2D eigenvalue weighted by atomic mass is 19.4. The molecule has 2 aromatic rings. The van der Waals surface area contributed by atoms with Gasteiger partial charge < -0.3 is 0 Å². The number of rotatable bonds is 2. The minimum absolute atomic E-state index is 0.0230. The lowest BCUT2D eigenvalue weighted by atomic mass is 9.73. The van der Waals surface area contributed by atoms with E-state index >= 15 is 0 Å². The van der Waals surface area contributed by atoms with Crippen LogP contribution in [0.1, 0.15) is 29.9 Å². The van der Waals surface area contributed by atoms with Gasteiger partial charge in [-0.15, -0.1) is 0 Å². The fourth-order valence-corrected chi connectivity index (χ4v) is 5.62. The third kappa shape index (κ3) is 2.43. The minimum Gasteiger partial charge on any atom is -0.274 e. The highest BCUT2D eigenvalue weighted by Gasteiger charge is 2.64. The molecule has 5 atom stereocenters. The van der Waals surface area contributed by atoms with Gasteiger partial charge in [-0.2, -0.15) is 13.2 Å². The van der Waals surface area contributed by atoms with E-state index in [4.69, 9.17) is 0 Å². The molecule has 6 heteroatoms. The van der Waals surface area contributed by atoms with E-state index in [2.05, 4.69) is 0 Å². The summed E-state index contributed by atoms with van der Waals surface area (Å²) in [6.45, 7) is 0. The van der Waals surface area contributed by atoms with Crippen molar-refractivity contribution in [3.05, 3.63) is 65.7 Å². The van der Waals surface area contributed by atoms with Crippen LogP contribution in [0.5, 0.6) is 0 Å². The second-order valence-corrected chi connectivity index (χ2v) is 8.02. The van der Waals surface area contributed by atoms with Crippen LogP contribution in [0.4, 0.5) is 18.9 Å². The van der Waals surface area contributed by atoms with Crippen LogP contribution >= 0.6 is 0 Å². The molecule has 2 aromatic carbocycles. The number of imide groups is 1. The Bertz CT molecular complexity index is 956. The lowest BCUT2D eigenvalue weighted by Crippen LogP contribution is -2.33. The number of benzene rings is 2. The molecule has 1 saturated heterocycles.